The molecule has 0 aliphatic rings. The van der Waals surface area contributed by atoms with E-state index >= 15 is 0 Å². The second-order valence-corrected chi connectivity index (χ2v) is 7.90. The van der Waals surface area contributed by atoms with Crippen molar-refractivity contribution in [3.8, 4) is 5.75 Å². The number of carbonyl (C=O) groups excluding carboxylic acids is 1. The van der Waals surface area contributed by atoms with Crippen LogP contribution in [-0.4, -0.2) is 43.0 Å². The Labute approximate surface area is 182 Å². The van der Waals surface area contributed by atoms with Gasteiger partial charge in [0, 0.05) is 28.1 Å². The Morgan fingerprint density at radius 3 is 2.38 bits per heavy atom. The topological polar surface area (TPSA) is 103 Å². The van der Waals surface area contributed by atoms with Gasteiger partial charge in [0.05, 0.1) is 17.5 Å². The fraction of sp³-hybridized carbons (Fsp3) is 0.318. The van der Waals surface area contributed by atoms with Crippen molar-refractivity contribution in [2.24, 2.45) is 0 Å². The molecular weight excluding hydrogens is 424 g/mol. The summed E-state index contributed by atoms with van der Waals surface area (Å²) in [7, 11) is 4.27. The van der Waals surface area contributed by atoms with Crippen molar-refractivity contribution in [1.29, 1.82) is 0 Å². The first-order valence-corrected chi connectivity index (χ1v) is 9.64. The maximum absolute atomic E-state index is 14.5. The Hall–Kier alpha value is -3.69. The van der Waals surface area contributed by atoms with E-state index in [1.54, 1.807) is 6.92 Å². The number of benzene rings is 1. The predicted octanol–water partition coefficient (Wildman–Crippen LogP) is 3.17. The van der Waals surface area contributed by atoms with Crippen LogP contribution in [0.25, 0.3) is 0 Å². The summed E-state index contributed by atoms with van der Waals surface area (Å²) in [5.74, 6) is -4.31. The second-order valence-electron chi connectivity index (χ2n) is 7.90. The van der Waals surface area contributed by atoms with Crippen LogP contribution >= 0.6 is 0 Å². The van der Waals surface area contributed by atoms with Crippen LogP contribution in [0, 0.1) is 6.92 Å². The van der Waals surface area contributed by atoms with Crippen molar-refractivity contribution in [2.45, 2.75) is 25.8 Å². The number of phenols is 1. The lowest BCUT2D eigenvalue weighted by molar-refractivity contribution is -0.0139. The summed E-state index contributed by atoms with van der Waals surface area (Å²) in [4.78, 5) is 39.1. The Balaban J connectivity index is 2.03. The lowest BCUT2D eigenvalue weighted by atomic mass is 10.0. The zero-order chi connectivity index (χ0) is 24.0. The number of nitrogens with one attached hydrogen (secondary N) is 1. The molecule has 1 amide bonds. The minimum atomic E-state index is -3.32. The number of furan rings is 1. The molecule has 0 saturated carbocycles. The Morgan fingerprint density at radius 2 is 1.84 bits per heavy atom. The molecule has 1 heterocycles. The molecule has 0 radical (unpaired) electrons. The van der Waals surface area contributed by atoms with Crippen molar-refractivity contribution >= 4 is 23.0 Å². The van der Waals surface area contributed by atoms with E-state index in [9.17, 15) is 28.3 Å². The van der Waals surface area contributed by atoms with E-state index < -0.39 is 34.5 Å². The molecule has 10 heteroatoms. The highest BCUT2D eigenvalue weighted by molar-refractivity contribution is 5.99. The average Bonchev–Trinajstić information content (AvgIpc) is 3.12. The molecule has 0 fully saturated rings. The monoisotopic (exact) mass is 447 g/mol. The van der Waals surface area contributed by atoms with Gasteiger partial charge < -0.3 is 24.6 Å². The van der Waals surface area contributed by atoms with E-state index in [-0.39, 0.29) is 28.4 Å². The average molecular weight is 447 g/mol. The summed E-state index contributed by atoms with van der Waals surface area (Å²) in [6.45, 7) is 2.36. The van der Waals surface area contributed by atoms with Gasteiger partial charge in [-0.2, -0.15) is 0 Å². The van der Waals surface area contributed by atoms with Crippen LogP contribution < -0.4 is 21.1 Å². The third-order valence-electron chi connectivity index (χ3n) is 5.06. The first kappa shape index (κ1) is 23.0. The van der Waals surface area contributed by atoms with Crippen LogP contribution in [0.5, 0.6) is 5.75 Å². The lowest BCUT2D eigenvalue weighted by Gasteiger charge is -2.34. The molecule has 0 aliphatic heterocycles. The van der Waals surface area contributed by atoms with E-state index in [1.165, 1.54) is 56.6 Å². The molecule has 170 valence electrons. The fourth-order valence-corrected chi connectivity index (χ4v) is 3.53. The number of alkyl halides is 2. The number of anilines is 3. The number of nitrogens with zero attached hydrogens (tertiary/aromatic N) is 2. The van der Waals surface area contributed by atoms with E-state index in [1.807, 2.05) is 0 Å². The SMILES string of the molecule is Cc1coc([C@H](N(C)c2c(Nc3cccc(C(=O)N(C)C)c3O)c(=O)c2=O)C(C)(F)F)c1. The van der Waals surface area contributed by atoms with Crippen LogP contribution in [0.2, 0.25) is 0 Å². The number of carbonyl (C=O) groups is 1. The highest BCUT2D eigenvalue weighted by Crippen LogP contribution is 2.41. The first-order valence-electron chi connectivity index (χ1n) is 9.64. The fourth-order valence-electron chi connectivity index (χ4n) is 3.53. The summed E-state index contributed by atoms with van der Waals surface area (Å²) in [6, 6.07) is 4.03. The van der Waals surface area contributed by atoms with Gasteiger partial charge in [0.25, 0.3) is 22.7 Å². The van der Waals surface area contributed by atoms with Crippen LogP contribution in [0.4, 0.5) is 25.8 Å². The number of amides is 1. The van der Waals surface area contributed by atoms with Gasteiger partial charge in [0.15, 0.2) is 11.8 Å². The largest absolute Gasteiger partial charge is 0.505 e. The third-order valence-corrected chi connectivity index (χ3v) is 5.06. The molecule has 0 unspecified atom stereocenters. The summed E-state index contributed by atoms with van der Waals surface area (Å²) in [5.41, 5.74) is -1.85. The maximum atomic E-state index is 14.5. The van der Waals surface area contributed by atoms with E-state index in [2.05, 4.69) is 5.32 Å². The van der Waals surface area contributed by atoms with Crippen LogP contribution in [-0.2, 0) is 0 Å². The highest BCUT2D eigenvalue weighted by atomic mass is 19.3. The molecule has 32 heavy (non-hydrogen) atoms. The zero-order valence-corrected chi connectivity index (χ0v) is 18.2. The number of aromatic hydroxyl groups is 1. The Kier molecular flexibility index (Phi) is 5.82. The molecule has 0 saturated heterocycles. The van der Waals surface area contributed by atoms with Gasteiger partial charge >= 0.3 is 0 Å². The van der Waals surface area contributed by atoms with Gasteiger partial charge in [-0.15, -0.1) is 0 Å². The molecule has 2 N–H and O–H groups in total. The van der Waals surface area contributed by atoms with Crippen molar-refractivity contribution in [3.63, 3.8) is 0 Å². The molecule has 0 spiro atoms. The van der Waals surface area contributed by atoms with Crippen molar-refractivity contribution in [2.75, 3.05) is 31.4 Å². The third kappa shape index (κ3) is 3.95. The van der Waals surface area contributed by atoms with Gasteiger partial charge in [-0.1, -0.05) is 6.07 Å². The molecule has 8 nitrogen and oxygen atoms in total. The summed E-state index contributed by atoms with van der Waals surface area (Å²) < 4.78 is 34.2. The van der Waals surface area contributed by atoms with E-state index in [4.69, 9.17) is 4.42 Å². The molecule has 0 bridgehead atoms. The standard InChI is InChI=1S/C22H23F2N3O5/c1-11-9-14(32-10-11)20(22(2,23)24)27(5)16-15(18(29)19(16)30)25-13-8-6-7-12(17(13)28)21(31)26(3)4/h6-10,20,25,28H,1-5H3/t20-/m0/s1. The van der Waals surface area contributed by atoms with Gasteiger partial charge in [-0.05, 0) is 30.7 Å². The number of hydrogen-bond acceptors (Lipinski definition) is 7. The van der Waals surface area contributed by atoms with E-state index in [0.717, 1.165) is 4.90 Å². The van der Waals surface area contributed by atoms with Crippen molar-refractivity contribution in [1.82, 2.24) is 4.90 Å². The van der Waals surface area contributed by atoms with Gasteiger partial charge in [0.1, 0.15) is 17.1 Å². The van der Waals surface area contributed by atoms with Crippen LogP contribution in [0.1, 0.15) is 34.6 Å². The van der Waals surface area contributed by atoms with Crippen LogP contribution in [0.15, 0.2) is 44.5 Å². The molecule has 0 aliphatic carbocycles. The normalized spacial score (nSPS) is 12.6. The predicted molar refractivity (Wildman–Crippen MR) is 116 cm³/mol. The quantitative estimate of drug-likeness (QED) is 0.424. The molecule has 3 rings (SSSR count). The molecule has 3 aromatic rings. The number of aryl methyl sites for hydroxylation is 1. The van der Waals surface area contributed by atoms with Crippen LogP contribution in [0.3, 0.4) is 0 Å². The second kappa shape index (κ2) is 8.10. The summed E-state index contributed by atoms with van der Waals surface area (Å²) in [6.07, 6.45) is 1.31. The molecule has 1 atom stereocenters. The molecular formula is C22H23F2N3O5. The number of para-hydroxylation sites is 1. The molecule has 1 aromatic heterocycles. The van der Waals surface area contributed by atoms with Gasteiger partial charge in [0.2, 0.25) is 0 Å². The maximum Gasteiger partial charge on any atom is 0.272 e. The number of hydrogen-bond donors (Lipinski definition) is 2. The minimum Gasteiger partial charge on any atom is -0.505 e. The van der Waals surface area contributed by atoms with Gasteiger partial charge in [-0.3, -0.25) is 14.4 Å². The number of halogens is 2. The Bertz CT molecular complexity index is 1240. The smallest absolute Gasteiger partial charge is 0.272 e. The Morgan fingerprint density at radius 1 is 1.19 bits per heavy atom. The number of phenolic OH excluding ortho intramolecular Hbond substituents is 1. The first-order chi connectivity index (χ1) is 14.8. The van der Waals surface area contributed by atoms with Crippen molar-refractivity contribution < 1.29 is 23.1 Å². The van der Waals surface area contributed by atoms with Gasteiger partial charge in [-0.25, -0.2) is 8.78 Å². The minimum absolute atomic E-state index is 0.0203. The van der Waals surface area contributed by atoms with Crippen molar-refractivity contribution in [3.05, 3.63) is 67.9 Å². The lowest BCUT2D eigenvalue weighted by Crippen LogP contribution is -2.45. The molecule has 2 aromatic carbocycles. The zero-order valence-electron chi connectivity index (χ0n) is 18.2. The number of rotatable bonds is 7. The summed E-state index contributed by atoms with van der Waals surface area (Å²) >= 11 is 0. The summed E-state index contributed by atoms with van der Waals surface area (Å²) in [5, 5.41) is 13.1. The van der Waals surface area contributed by atoms with E-state index in [0.29, 0.717) is 12.5 Å². The highest BCUT2D eigenvalue weighted by Gasteiger charge is 2.43.